The fourth-order valence-corrected chi connectivity index (χ4v) is 2.99. The zero-order chi connectivity index (χ0) is 21.1. The van der Waals surface area contributed by atoms with Gasteiger partial charge in [0.05, 0.1) is 25.3 Å². The molecule has 30 heavy (non-hydrogen) atoms. The topological polar surface area (TPSA) is 93.7 Å². The normalized spacial score (nSPS) is 14.4. The van der Waals surface area contributed by atoms with Gasteiger partial charge in [0.2, 0.25) is 5.76 Å². The van der Waals surface area contributed by atoms with Crippen LogP contribution in [-0.2, 0) is 4.79 Å². The van der Waals surface area contributed by atoms with Crippen molar-refractivity contribution in [1.29, 1.82) is 0 Å². The molecule has 0 unspecified atom stereocenters. The molecule has 150 valence electrons. The first-order valence-electron chi connectivity index (χ1n) is 9.00. The van der Waals surface area contributed by atoms with Crippen LogP contribution >= 0.6 is 0 Å². The number of carbonyl (C=O) groups is 2. The summed E-state index contributed by atoms with van der Waals surface area (Å²) in [5.74, 6) is -0.179. The number of benzene rings is 2. The molecule has 8 heteroatoms. The number of likely N-dealkylation sites (N-methyl/N-ethyl adjacent to an activating group) is 1. The first-order valence-corrected chi connectivity index (χ1v) is 9.00. The minimum Gasteiger partial charge on any atom is -0.493 e. The van der Waals surface area contributed by atoms with Crippen molar-refractivity contribution in [3.8, 4) is 11.5 Å². The third kappa shape index (κ3) is 3.58. The van der Waals surface area contributed by atoms with Gasteiger partial charge in [0.15, 0.2) is 17.2 Å². The second kappa shape index (κ2) is 8.04. The van der Waals surface area contributed by atoms with E-state index in [-0.39, 0.29) is 23.1 Å². The summed E-state index contributed by atoms with van der Waals surface area (Å²) < 4.78 is 15.6. The number of rotatable bonds is 5. The number of nitrogens with zero attached hydrogens (tertiary/aromatic N) is 3. The molecule has 2 heterocycles. The van der Waals surface area contributed by atoms with Crippen LogP contribution < -0.4 is 14.4 Å². The molecule has 2 aromatic carbocycles. The van der Waals surface area contributed by atoms with Crippen LogP contribution in [0, 0.1) is 0 Å². The third-order valence-electron chi connectivity index (χ3n) is 4.50. The lowest BCUT2D eigenvalue weighted by molar-refractivity contribution is -0.111. The monoisotopic (exact) mass is 403 g/mol. The summed E-state index contributed by atoms with van der Waals surface area (Å²) in [5.41, 5.74) is 2.46. The Balaban J connectivity index is 1.54. The number of carbonyl (C=O) groups excluding carboxylic acids is 2. The molecule has 1 aliphatic rings. The predicted octanol–water partition coefficient (Wildman–Crippen LogP) is 3.31. The number of esters is 1. The van der Waals surface area contributed by atoms with Crippen LogP contribution in [0.5, 0.6) is 11.5 Å². The van der Waals surface area contributed by atoms with Gasteiger partial charge in [0.1, 0.15) is 0 Å². The highest BCUT2D eigenvalue weighted by Crippen LogP contribution is 2.29. The quantitative estimate of drug-likeness (QED) is 0.282. The molecule has 0 fully saturated rings. The Hall–Kier alpha value is -4.20. The molecule has 0 saturated carbocycles. The summed E-state index contributed by atoms with van der Waals surface area (Å²) in [5, 5.41) is 8.16. The number of methoxy groups -OCH3 is 1. The molecular formula is C22H17N3O5. The molecule has 0 radical (unpaired) electrons. The van der Waals surface area contributed by atoms with Gasteiger partial charge in [-0.05, 0) is 42.0 Å². The lowest BCUT2D eigenvalue weighted by Crippen LogP contribution is -2.25. The first kappa shape index (κ1) is 19.1. The smallest absolute Gasteiger partial charge is 0.379 e. The van der Waals surface area contributed by atoms with E-state index in [2.05, 4.69) is 10.2 Å². The van der Waals surface area contributed by atoms with Gasteiger partial charge in [-0.25, -0.2) is 4.79 Å². The highest BCUT2D eigenvalue weighted by molar-refractivity contribution is 6.54. The number of hydrogen-bond acceptors (Lipinski definition) is 7. The fourth-order valence-electron chi connectivity index (χ4n) is 2.99. The van der Waals surface area contributed by atoms with E-state index in [9.17, 15) is 9.59 Å². The SMILES string of the molecule is COc1cc(/C=N\N=C2/C(=O)N(C)c3ccccc32)ccc1OC(=O)c1ccco1. The van der Waals surface area contributed by atoms with Gasteiger partial charge < -0.3 is 18.8 Å². The van der Waals surface area contributed by atoms with E-state index in [1.165, 1.54) is 30.6 Å². The molecule has 0 saturated heterocycles. The number of hydrogen-bond donors (Lipinski definition) is 0. The third-order valence-corrected chi connectivity index (χ3v) is 4.50. The van der Waals surface area contributed by atoms with Crippen molar-refractivity contribution >= 4 is 29.5 Å². The lowest BCUT2D eigenvalue weighted by atomic mass is 10.1. The van der Waals surface area contributed by atoms with Crippen LogP contribution in [0.4, 0.5) is 5.69 Å². The zero-order valence-electron chi connectivity index (χ0n) is 16.2. The minimum atomic E-state index is -0.631. The summed E-state index contributed by atoms with van der Waals surface area (Å²) in [6.45, 7) is 0. The first-order chi connectivity index (χ1) is 14.6. The van der Waals surface area contributed by atoms with Crippen LogP contribution in [0.2, 0.25) is 0 Å². The molecule has 1 amide bonds. The van der Waals surface area contributed by atoms with Crippen molar-refractivity contribution in [3.63, 3.8) is 0 Å². The van der Waals surface area contributed by atoms with Crippen molar-refractivity contribution in [1.82, 2.24) is 0 Å². The molecule has 3 aromatic rings. The zero-order valence-corrected chi connectivity index (χ0v) is 16.2. The largest absolute Gasteiger partial charge is 0.493 e. The van der Waals surface area contributed by atoms with Crippen LogP contribution in [0.15, 0.2) is 75.5 Å². The van der Waals surface area contributed by atoms with Crippen LogP contribution in [0.3, 0.4) is 0 Å². The van der Waals surface area contributed by atoms with Crippen LogP contribution in [0.1, 0.15) is 21.7 Å². The maximum Gasteiger partial charge on any atom is 0.379 e. The van der Waals surface area contributed by atoms with E-state index in [4.69, 9.17) is 13.9 Å². The van der Waals surface area contributed by atoms with E-state index in [1.807, 2.05) is 24.3 Å². The molecule has 1 aliphatic heterocycles. The summed E-state index contributed by atoms with van der Waals surface area (Å²) >= 11 is 0. The maximum atomic E-state index is 12.4. The number of fused-ring (bicyclic) bond motifs is 1. The van der Waals surface area contributed by atoms with Gasteiger partial charge in [0.25, 0.3) is 5.91 Å². The second-order valence-corrected chi connectivity index (χ2v) is 6.35. The van der Waals surface area contributed by atoms with Gasteiger partial charge in [-0.2, -0.15) is 5.10 Å². The number of amides is 1. The molecule has 0 aliphatic carbocycles. The molecule has 0 bridgehead atoms. The summed E-state index contributed by atoms with van der Waals surface area (Å²) in [7, 11) is 3.16. The van der Waals surface area contributed by atoms with Gasteiger partial charge in [0, 0.05) is 12.6 Å². The molecule has 8 nitrogen and oxygen atoms in total. The molecular weight excluding hydrogens is 386 g/mol. The number of ether oxygens (including phenoxy) is 2. The number of para-hydroxylation sites is 1. The Labute approximate surface area is 172 Å². The van der Waals surface area contributed by atoms with Crippen LogP contribution in [0.25, 0.3) is 0 Å². The molecule has 0 spiro atoms. The Kier molecular flexibility index (Phi) is 5.13. The molecule has 0 atom stereocenters. The van der Waals surface area contributed by atoms with Crippen molar-refractivity contribution in [2.75, 3.05) is 19.1 Å². The van der Waals surface area contributed by atoms with E-state index < -0.39 is 5.97 Å². The summed E-state index contributed by atoms with van der Waals surface area (Å²) in [6.07, 6.45) is 2.88. The Morgan fingerprint density at radius 2 is 1.93 bits per heavy atom. The van der Waals surface area contributed by atoms with E-state index in [0.29, 0.717) is 11.3 Å². The lowest BCUT2D eigenvalue weighted by Gasteiger charge is -2.08. The van der Waals surface area contributed by atoms with E-state index in [0.717, 1.165) is 11.3 Å². The van der Waals surface area contributed by atoms with E-state index >= 15 is 0 Å². The highest BCUT2D eigenvalue weighted by Gasteiger charge is 2.31. The molecule has 0 N–H and O–H groups in total. The Bertz CT molecular complexity index is 1170. The van der Waals surface area contributed by atoms with Gasteiger partial charge in [-0.1, -0.05) is 18.2 Å². The summed E-state index contributed by atoms with van der Waals surface area (Å²) in [6, 6.07) is 15.4. The Morgan fingerprint density at radius 3 is 2.70 bits per heavy atom. The molecule has 4 rings (SSSR count). The van der Waals surface area contributed by atoms with Crippen LogP contribution in [-0.4, -0.2) is 38.0 Å². The number of anilines is 1. The fraction of sp³-hybridized carbons (Fsp3) is 0.0909. The maximum absolute atomic E-state index is 12.4. The second-order valence-electron chi connectivity index (χ2n) is 6.35. The van der Waals surface area contributed by atoms with E-state index in [1.54, 1.807) is 31.3 Å². The Morgan fingerprint density at radius 1 is 1.10 bits per heavy atom. The van der Waals surface area contributed by atoms with Crippen molar-refractivity contribution in [2.24, 2.45) is 10.2 Å². The van der Waals surface area contributed by atoms with Crippen molar-refractivity contribution in [3.05, 3.63) is 77.7 Å². The van der Waals surface area contributed by atoms with Gasteiger partial charge >= 0.3 is 5.97 Å². The predicted molar refractivity (Wildman–Crippen MR) is 111 cm³/mol. The summed E-state index contributed by atoms with van der Waals surface area (Å²) in [4.78, 5) is 26.0. The van der Waals surface area contributed by atoms with Gasteiger partial charge in [-0.15, -0.1) is 5.10 Å². The molecule has 1 aromatic heterocycles. The van der Waals surface area contributed by atoms with Crippen molar-refractivity contribution in [2.45, 2.75) is 0 Å². The minimum absolute atomic E-state index is 0.0880. The number of furan rings is 1. The standard InChI is InChI=1S/C22H17N3O5/c1-25-16-7-4-3-6-15(16)20(21(25)26)24-23-13-14-9-10-17(19(12-14)28-2)30-22(27)18-8-5-11-29-18/h3-13H,1-2H3/b23-13-,24-20-. The van der Waals surface area contributed by atoms with Gasteiger partial charge in [-0.3, -0.25) is 4.79 Å². The average Bonchev–Trinajstić information content (AvgIpc) is 3.38. The highest BCUT2D eigenvalue weighted by atomic mass is 16.6. The van der Waals surface area contributed by atoms with Crippen molar-refractivity contribution < 1.29 is 23.5 Å². The average molecular weight is 403 g/mol.